The van der Waals surface area contributed by atoms with Crippen molar-refractivity contribution < 1.29 is 9.53 Å². The van der Waals surface area contributed by atoms with Crippen LogP contribution in [0.2, 0.25) is 10.0 Å². The van der Waals surface area contributed by atoms with E-state index in [1.807, 2.05) is 17.5 Å². The molecule has 0 saturated heterocycles. The molecule has 3 aromatic rings. The van der Waals surface area contributed by atoms with Crippen molar-refractivity contribution in [3.05, 3.63) is 87.2 Å². The van der Waals surface area contributed by atoms with Crippen molar-refractivity contribution in [1.29, 1.82) is 0 Å². The van der Waals surface area contributed by atoms with E-state index in [0.717, 1.165) is 4.88 Å². The topological polar surface area (TPSA) is 60.7 Å². The molecule has 0 bridgehead atoms. The predicted octanol–water partition coefficient (Wildman–Crippen LogP) is 4.17. The molecule has 0 saturated carbocycles. The molecule has 0 spiro atoms. The third kappa shape index (κ3) is 3.67. The van der Waals surface area contributed by atoms with Crippen LogP contribution >= 0.6 is 45.9 Å². The van der Waals surface area contributed by atoms with E-state index in [2.05, 4.69) is 4.99 Å². The second kappa shape index (κ2) is 8.51. The number of fused-ring (bicyclic) bond motifs is 1. The summed E-state index contributed by atoms with van der Waals surface area (Å²) in [7, 11) is 0. The van der Waals surface area contributed by atoms with Crippen molar-refractivity contribution in [3.8, 4) is 0 Å². The predicted molar refractivity (Wildman–Crippen MR) is 121 cm³/mol. The van der Waals surface area contributed by atoms with Gasteiger partial charge in [0.2, 0.25) is 0 Å². The van der Waals surface area contributed by atoms with Gasteiger partial charge in [0.25, 0.3) is 5.56 Å². The number of benzene rings is 1. The molecule has 0 aliphatic carbocycles. The number of halogens is 2. The third-order valence-electron chi connectivity index (χ3n) is 4.60. The summed E-state index contributed by atoms with van der Waals surface area (Å²) in [5.41, 5.74) is 1.21. The molecule has 5 nitrogen and oxygen atoms in total. The highest BCUT2D eigenvalue weighted by Gasteiger charge is 2.33. The Morgan fingerprint density at radius 1 is 1.27 bits per heavy atom. The number of carbonyl (C=O) groups excluding carboxylic acids is 1. The molecule has 1 aromatic carbocycles. The number of thiazole rings is 1. The molecule has 1 aliphatic heterocycles. The molecule has 2 aromatic heterocycles. The second-order valence-corrected chi connectivity index (χ2v) is 9.26. The molecule has 1 aliphatic rings. The van der Waals surface area contributed by atoms with Crippen LogP contribution in [0.3, 0.4) is 0 Å². The molecule has 4 rings (SSSR count). The summed E-state index contributed by atoms with van der Waals surface area (Å²) < 4.78 is 7.24. The standard InChI is InChI=1S/C21H16Cl2N2O3S2/c1-3-28-20(27)17-11(2)24-21-25(18(17)15-8-5-9-29-15)19(26)16(30-21)10-12-13(22)6-4-7-14(12)23/h4-10,18H,3H2,1-2H3/b16-10+/t18-/m1/s1. The Balaban J connectivity index is 1.98. The van der Waals surface area contributed by atoms with Gasteiger partial charge < -0.3 is 4.74 Å². The molecule has 0 amide bonds. The number of thiophene rings is 1. The van der Waals surface area contributed by atoms with Gasteiger partial charge in [-0.15, -0.1) is 11.3 Å². The molecule has 154 valence electrons. The summed E-state index contributed by atoms with van der Waals surface area (Å²) in [5.74, 6) is -0.472. The van der Waals surface area contributed by atoms with Gasteiger partial charge in [-0.1, -0.05) is 46.7 Å². The Hall–Kier alpha value is -2.19. The van der Waals surface area contributed by atoms with E-state index < -0.39 is 12.0 Å². The molecule has 0 unspecified atom stereocenters. The first-order valence-corrected chi connectivity index (χ1v) is 11.5. The van der Waals surface area contributed by atoms with Gasteiger partial charge in [-0.3, -0.25) is 9.36 Å². The molecule has 3 heterocycles. The van der Waals surface area contributed by atoms with Crippen molar-refractivity contribution in [3.63, 3.8) is 0 Å². The first-order chi connectivity index (χ1) is 14.4. The second-order valence-electron chi connectivity index (χ2n) is 6.45. The zero-order valence-electron chi connectivity index (χ0n) is 16.0. The van der Waals surface area contributed by atoms with E-state index in [0.29, 0.717) is 36.2 Å². The Morgan fingerprint density at radius 3 is 2.63 bits per heavy atom. The van der Waals surface area contributed by atoms with Crippen LogP contribution in [-0.4, -0.2) is 17.1 Å². The summed E-state index contributed by atoms with van der Waals surface area (Å²) in [5, 5.41) is 2.81. The number of hydrogen-bond donors (Lipinski definition) is 0. The largest absolute Gasteiger partial charge is 0.463 e. The molecular formula is C21H16Cl2N2O3S2. The van der Waals surface area contributed by atoms with Crippen LogP contribution in [0.25, 0.3) is 6.08 Å². The van der Waals surface area contributed by atoms with E-state index in [1.165, 1.54) is 22.7 Å². The smallest absolute Gasteiger partial charge is 0.338 e. The molecule has 0 N–H and O–H groups in total. The van der Waals surface area contributed by atoms with Crippen molar-refractivity contribution >= 4 is 57.9 Å². The highest BCUT2D eigenvalue weighted by Crippen LogP contribution is 2.33. The number of ether oxygens (including phenoxy) is 1. The zero-order valence-corrected chi connectivity index (χ0v) is 19.2. The van der Waals surface area contributed by atoms with Gasteiger partial charge in [-0.2, -0.15) is 0 Å². The van der Waals surface area contributed by atoms with Crippen LogP contribution in [0.5, 0.6) is 0 Å². The van der Waals surface area contributed by atoms with Crippen LogP contribution in [0.15, 0.2) is 56.8 Å². The normalized spacial score (nSPS) is 16.4. The van der Waals surface area contributed by atoms with Gasteiger partial charge in [0.15, 0.2) is 4.80 Å². The van der Waals surface area contributed by atoms with Gasteiger partial charge >= 0.3 is 5.97 Å². The average molecular weight is 479 g/mol. The van der Waals surface area contributed by atoms with Gasteiger partial charge in [0.1, 0.15) is 6.04 Å². The highest BCUT2D eigenvalue weighted by atomic mass is 35.5. The fourth-order valence-corrected chi connectivity index (χ4v) is 5.65. The first-order valence-electron chi connectivity index (χ1n) is 9.09. The van der Waals surface area contributed by atoms with Gasteiger partial charge in [-0.25, -0.2) is 9.79 Å². The van der Waals surface area contributed by atoms with Gasteiger partial charge in [-0.05, 0) is 43.5 Å². The number of allylic oxidation sites excluding steroid dienone is 1. The number of carbonyl (C=O) groups is 1. The summed E-state index contributed by atoms with van der Waals surface area (Å²) >= 11 is 15.3. The average Bonchev–Trinajstić information content (AvgIpc) is 3.33. The number of esters is 1. The molecular weight excluding hydrogens is 463 g/mol. The Kier molecular flexibility index (Phi) is 5.97. The van der Waals surface area contributed by atoms with Crippen molar-refractivity contribution in [1.82, 2.24) is 4.57 Å². The lowest BCUT2D eigenvalue weighted by Crippen LogP contribution is -2.39. The molecule has 0 fully saturated rings. The van der Waals surface area contributed by atoms with Crippen LogP contribution in [0.1, 0.15) is 30.3 Å². The van der Waals surface area contributed by atoms with Crippen molar-refractivity contribution in [2.45, 2.75) is 19.9 Å². The quantitative estimate of drug-likeness (QED) is 0.528. The Bertz CT molecular complexity index is 1320. The number of rotatable bonds is 4. The van der Waals surface area contributed by atoms with E-state index >= 15 is 0 Å². The fourth-order valence-electron chi connectivity index (χ4n) is 3.29. The zero-order chi connectivity index (χ0) is 21.4. The minimum Gasteiger partial charge on any atom is -0.463 e. The Labute approximate surface area is 190 Å². The number of aromatic nitrogens is 1. The van der Waals surface area contributed by atoms with Gasteiger partial charge in [0, 0.05) is 20.5 Å². The highest BCUT2D eigenvalue weighted by molar-refractivity contribution is 7.10. The fraction of sp³-hybridized carbons (Fsp3) is 0.190. The maximum Gasteiger partial charge on any atom is 0.338 e. The summed E-state index contributed by atoms with van der Waals surface area (Å²) in [6, 6.07) is 8.37. The van der Waals surface area contributed by atoms with Crippen molar-refractivity contribution in [2.24, 2.45) is 4.99 Å². The van der Waals surface area contributed by atoms with E-state index in [9.17, 15) is 9.59 Å². The molecule has 1 atom stereocenters. The van der Waals surface area contributed by atoms with Crippen molar-refractivity contribution in [2.75, 3.05) is 6.61 Å². The maximum absolute atomic E-state index is 13.4. The molecule has 0 radical (unpaired) electrons. The number of hydrogen-bond acceptors (Lipinski definition) is 6. The lowest BCUT2D eigenvalue weighted by atomic mass is 10.0. The minimum absolute atomic E-state index is 0.238. The van der Waals surface area contributed by atoms with Crippen LogP contribution < -0.4 is 14.9 Å². The maximum atomic E-state index is 13.4. The Morgan fingerprint density at radius 2 is 2.00 bits per heavy atom. The van der Waals surface area contributed by atoms with Crippen LogP contribution in [0.4, 0.5) is 0 Å². The van der Waals surface area contributed by atoms with E-state index in [4.69, 9.17) is 27.9 Å². The monoisotopic (exact) mass is 478 g/mol. The minimum atomic E-state index is -0.593. The lowest BCUT2D eigenvalue weighted by molar-refractivity contribution is -0.139. The summed E-state index contributed by atoms with van der Waals surface area (Å²) in [6.07, 6.45) is 1.67. The van der Waals surface area contributed by atoms with E-state index in [1.54, 1.807) is 42.7 Å². The van der Waals surface area contributed by atoms with Crippen LogP contribution in [0, 0.1) is 0 Å². The molecule has 9 heteroatoms. The van der Waals surface area contributed by atoms with E-state index in [-0.39, 0.29) is 12.2 Å². The summed E-state index contributed by atoms with van der Waals surface area (Å²) in [4.78, 5) is 32.0. The first kappa shape index (κ1) is 21.1. The van der Waals surface area contributed by atoms with Crippen LogP contribution in [-0.2, 0) is 9.53 Å². The SMILES string of the molecule is CCOC(=O)C1=C(C)N=c2s/c(=C/c3c(Cl)cccc3Cl)c(=O)n2[C@@H]1c1cccs1. The third-order valence-corrected chi connectivity index (χ3v) is 7.17. The summed E-state index contributed by atoms with van der Waals surface area (Å²) in [6.45, 7) is 3.74. The lowest BCUT2D eigenvalue weighted by Gasteiger charge is -2.23. The molecule has 30 heavy (non-hydrogen) atoms. The number of nitrogens with zero attached hydrogens (tertiary/aromatic N) is 2. The van der Waals surface area contributed by atoms with Gasteiger partial charge in [0.05, 0.1) is 22.4 Å².